The van der Waals surface area contributed by atoms with Crippen molar-refractivity contribution in [1.29, 1.82) is 0 Å². The molecular weight excluding hydrogens is 158 g/mol. The van der Waals surface area contributed by atoms with Crippen LogP contribution in [-0.4, -0.2) is 30.3 Å². The van der Waals surface area contributed by atoms with Crippen molar-refractivity contribution < 1.29 is 0 Å². The van der Waals surface area contributed by atoms with Gasteiger partial charge in [-0.3, -0.25) is 0 Å². The number of rotatable bonds is 2. The molecule has 1 aromatic rings. The van der Waals surface area contributed by atoms with Crippen molar-refractivity contribution >= 4 is 22.8 Å². The van der Waals surface area contributed by atoms with Crippen molar-refractivity contribution in [1.82, 2.24) is 9.88 Å². The number of hydrogen-bond acceptors (Lipinski definition) is 3. The van der Waals surface area contributed by atoms with Gasteiger partial charge < -0.3 is 4.90 Å². The Balaban J connectivity index is 2.64. The van der Waals surface area contributed by atoms with Gasteiger partial charge in [0.25, 0.3) is 0 Å². The summed E-state index contributed by atoms with van der Waals surface area (Å²) in [4.78, 5) is 10.2. The molecule has 1 heterocycles. The van der Waals surface area contributed by atoms with Crippen LogP contribution in [0.5, 0.6) is 0 Å². The van der Waals surface area contributed by atoms with E-state index >= 15 is 0 Å². The molecule has 0 atom stereocenters. The number of thiazole rings is 1. The van der Waals surface area contributed by atoms with Crippen LogP contribution in [0.15, 0.2) is 10.4 Å². The Bertz CT molecular complexity index is 252. The van der Waals surface area contributed by atoms with Gasteiger partial charge in [-0.1, -0.05) is 0 Å². The molecule has 1 aromatic heterocycles. The van der Waals surface area contributed by atoms with Crippen molar-refractivity contribution in [3.8, 4) is 0 Å². The molecule has 0 unspecified atom stereocenters. The second kappa shape index (κ2) is 3.48. The molecule has 0 saturated heterocycles. The van der Waals surface area contributed by atoms with Crippen LogP contribution >= 0.6 is 11.3 Å². The Morgan fingerprint density at radius 2 is 2.36 bits per heavy atom. The molecule has 3 nitrogen and oxygen atoms in total. The van der Waals surface area contributed by atoms with E-state index in [-0.39, 0.29) is 0 Å². The number of hydrogen-bond donors (Lipinski definition) is 0. The molecular formula is C7H11N3S. The fraction of sp³-hybridized carbons (Fsp3) is 0.429. The first kappa shape index (κ1) is 8.20. The highest BCUT2D eigenvalue weighted by Gasteiger charge is 1.92. The Labute approximate surface area is 70.4 Å². The molecule has 4 heteroatoms. The lowest BCUT2D eigenvalue weighted by molar-refractivity contribution is 0.643. The normalized spacial score (nSPS) is 10.8. The Morgan fingerprint density at radius 1 is 1.64 bits per heavy atom. The summed E-state index contributed by atoms with van der Waals surface area (Å²) in [6, 6.07) is 0. The zero-order valence-electron chi connectivity index (χ0n) is 6.90. The lowest BCUT2D eigenvalue weighted by Crippen LogP contribution is -2.06. The van der Waals surface area contributed by atoms with Gasteiger partial charge in [0.1, 0.15) is 0 Å². The molecule has 0 radical (unpaired) electrons. The SMILES string of the molecule is Cc1csc(/N=C\N(C)C)n1. The second-order valence-corrected chi connectivity index (χ2v) is 3.32. The van der Waals surface area contributed by atoms with Gasteiger partial charge >= 0.3 is 0 Å². The van der Waals surface area contributed by atoms with E-state index in [1.807, 2.05) is 31.3 Å². The van der Waals surface area contributed by atoms with Crippen LogP contribution in [-0.2, 0) is 0 Å². The molecule has 0 aliphatic carbocycles. The molecule has 0 aliphatic rings. The highest BCUT2D eigenvalue weighted by Crippen LogP contribution is 2.16. The first-order chi connectivity index (χ1) is 5.18. The number of aliphatic imine (C=N–C) groups is 1. The van der Waals surface area contributed by atoms with Crippen molar-refractivity contribution in [3.05, 3.63) is 11.1 Å². The minimum Gasteiger partial charge on any atom is -0.369 e. The van der Waals surface area contributed by atoms with Crippen molar-refractivity contribution in [2.75, 3.05) is 14.1 Å². The van der Waals surface area contributed by atoms with Gasteiger partial charge in [-0.25, -0.2) is 9.98 Å². The van der Waals surface area contributed by atoms with Gasteiger partial charge in [-0.2, -0.15) is 0 Å². The third kappa shape index (κ3) is 2.67. The van der Waals surface area contributed by atoms with E-state index in [9.17, 15) is 0 Å². The molecule has 0 aromatic carbocycles. The quantitative estimate of drug-likeness (QED) is 0.497. The topological polar surface area (TPSA) is 28.5 Å². The summed E-state index contributed by atoms with van der Waals surface area (Å²) >= 11 is 1.56. The van der Waals surface area contributed by atoms with E-state index in [4.69, 9.17) is 0 Å². The molecule has 0 fully saturated rings. The largest absolute Gasteiger partial charge is 0.369 e. The maximum atomic E-state index is 4.18. The van der Waals surface area contributed by atoms with Crippen LogP contribution in [0.1, 0.15) is 5.69 Å². The average molecular weight is 169 g/mol. The molecule has 0 N–H and O–H groups in total. The maximum absolute atomic E-state index is 4.18. The van der Waals surface area contributed by atoms with Crippen LogP contribution in [0.4, 0.5) is 5.13 Å². The predicted molar refractivity (Wildman–Crippen MR) is 48.7 cm³/mol. The van der Waals surface area contributed by atoms with E-state index < -0.39 is 0 Å². The van der Waals surface area contributed by atoms with E-state index in [2.05, 4.69) is 9.98 Å². The fourth-order valence-corrected chi connectivity index (χ4v) is 1.20. The van der Waals surface area contributed by atoms with Gasteiger partial charge in [-0.05, 0) is 6.92 Å². The van der Waals surface area contributed by atoms with Crippen molar-refractivity contribution in [2.45, 2.75) is 6.92 Å². The monoisotopic (exact) mass is 169 g/mol. The predicted octanol–water partition coefficient (Wildman–Crippen LogP) is 1.67. The van der Waals surface area contributed by atoms with E-state index in [0.29, 0.717) is 0 Å². The third-order valence-corrected chi connectivity index (χ3v) is 1.87. The zero-order valence-corrected chi connectivity index (χ0v) is 7.72. The maximum Gasteiger partial charge on any atom is 0.210 e. The molecule has 0 saturated carbocycles. The first-order valence-electron chi connectivity index (χ1n) is 3.31. The highest BCUT2D eigenvalue weighted by atomic mass is 32.1. The van der Waals surface area contributed by atoms with E-state index in [0.717, 1.165) is 10.8 Å². The molecule has 0 spiro atoms. The van der Waals surface area contributed by atoms with Crippen LogP contribution in [0.2, 0.25) is 0 Å². The Hall–Kier alpha value is -0.900. The Morgan fingerprint density at radius 3 is 2.82 bits per heavy atom. The third-order valence-electron chi connectivity index (χ3n) is 1.01. The van der Waals surface area contributed by atoms with E-state index in [1.165, 1.54) is 0 Å². The highest BCUT2D eigenvalue weighted by molar-refractivity contribution is 7.13. The summed E-state index contributed by atoms with van der Waals surface area (Å²) in [6.07, 6.45) is 1.75. The Kier molecular flexibility index (Phi) is 2.59. The van der Waals surface area contributed by atoms with Gasteiger partial charge in [0.2, 0.25) is 5.13 Å². The average Bonchev–Trinajstić information content (AvgIpc) is 2.31. The fourth-order valence-electron chi connectivity index (χ4n) is 0.566. The summed E-state index contributed by atoms with van der Waals surface area (Å²) in [6.45, 7) is 1.96. The van der Waals surface area contributed by atoms with Gasteiger partial charge in [-0.15, -0.1) is 11.3 Å². The molecule has 0 bridgehead atoms. The standard InChI is InChI=1S/C7H11N3S/c1-6-4-11-7(9-6)8-5-10(2)3/h4-5H,1-3H3/b8-5-. The summed E-state index contributed by atoms with van der Waals surface area (Å²) in [5, 5.41) is 2.80. The van der Waals surface area contributed by atoms with Crippen LogP contribution in [0.25, 0.3) is 0 Å². The zero-order chi connectivity index (χ0) is 8.27. The summed E-state index contributed by atoms with van der Waals surface area (Å²) in [7, 11) is 3.87. The van der Waals surface area contributed by atoms with Gasteiger partial charge in [0.05, 0.1) is 12.0 Å². The number of aryl methyl sites for hydroxylation is 1. The first-order valence-corrected chi connectivity index (χ1v) is 4.19. The smallest absolute Gasteiger partial charge is 0.210 e. The molecule has 0 aliphatic heterocycles. The van der Waals surface area contributed by atoms with Crippen LogP contribution in [0, 0.1) is 6.92 Å². The number of nitrogens with zero attached hydrogens (tertiary/aromatic N) is 3. The summed E-state index contributed by atoms with van der Waals surface area (Å²) < 4.78 is 0. The number of aromatic nitrogens is 1. The summed E-state index contributed by atoms with van der Waals surface area (Å²) in [5.74, 6) is 0. The van der Waals surface area contributed by atoms with E-state index in [1.54, 1.807) is 17.7 Å². The van der Waals surface area contributed by atoms with Gasteiger partial charge in [0, 0.05) is 19.5 Å². The molecule has 11 heavy (non-hydrogen) atoms. The minimum absolute atomic E-state index is 0.816. The minimum atomic E-state index is 0.816. The van der Waals surface area contributed by atoms with Crippen LogP contribution in [0.3, 0.4) is 0 Å². The van der Waals surface area contributed by atoms with Gasteiger partial charge in [0.15, 0.2) is 0 Å². The lowest BCUT2D eigenvalue weighted by atomic mass is 10.6. The van der Waals surface area contributed by atoms with Crippen molar-refractivity contribution in [2.24, 2.45) is 4.99 Å². The molecule has 60 valence electrons. The van der Waals surface area contributed by atoms with Crippen molar-refractivity contribution in [3.63, 3.8) is 0 Å². The van der Waals surface area contributed by atoms with Crippen LogP contribution < -0.4 is 0 Å². The molecule has 0 amide bonds. The summed E-state index contributed by atoms with van der Waals surface area (Å²) in [5.41, 5.74) is 1.03. The second-order valence-electron chi connectivity index (χ2n) is 2.48. The molecule has 1 rings (SSSR count). The lowest BCUT2D eigenvalue weighted by Gasteiger charge is -1.99.